The van der Waals surface area contributed by atoms with E-state index < -0.39 is 26.5 Å². The van der Waals surface area contributed by atoms with Crippen LogP contribution in [-0.2, 0) is 19.7 Å². The Bertz CT molecular complexity index is 468. The van der Waals surface area contributed by atoms with E-state index in [1.54, 1.807) is 0 Å². The van der Waals surface area contributed by atoms with Crippen LogP contribution in [0.1, 0.15) is 13.8 Å². The van der Waals surface area contributed by atoms with Crippen LogP contribution in [-0.4, -0.2) is 27.2 Å². The van der Waals surface area contributed by atoms with Crippen molar-refractivity contribution in [2.24, 2.45) is 17.3 Å². The minimum Gasteiger partial charge on any atom is -0.268 e. The molecule has 1 heterocycles. The fourth-order valence-corrected chi connectivity index (χ4v) is 6.39. The molecule has 0 radical (unpaired) electrons. The van der Waals surface area contributed by atoms with E-state index >= 15 is 0 Å². The van der Waals surface area contributed by atoms with E-state index in [1.165, 1.54) is 0 Å². The molecule has 2 aliphatic carbocycles. The smallest absolute Gasteiger partial charge is 0.268 e. The zero-order chi connectivity index (χ0) is 14.2. The second-order valence-electron chi connectivity index (χ2n) is 5.66. The van der Waals surface area contributed by atoms with E-state index in [0.29, 0.717) is 10.1 Å². The van der Waals surface area contributed by atoms with Crippen molar-refractivity contribution < 1.29 is 12.6 Å². The lowest BCUT2D eigenvalue weighted by Crippen LogP contribution is -2.43. The third-order valence-electron chi connectivity index (χ3n) is 4.85. The zero-order valence-electron chi connectivity index (χ0n) is 10.2. The minimum absolute atomic E-state index is 0.180. The van der Waals surface area contributed by atoms with Gasteiger partial charge in [0.05, 0.1) is 33.0 Å². The third-order valence-corrected chi connectivity index (χ3v) is 8.65. The molecule has 3 nitrogen and oxygen atoms in total. The highest BCUT2D eigenvalue weighted by atomic mass is 35.5. The van der Waals surface area contributed by atoms with E-state index in [9.17, 15) is 4.21 Å². The fraction of sp³-hybridized carbons (Fsp3) is 0.818. The van der Waals surface area contributed by atoms with Crippen molar-refractivity contribution >= 4 is 57.8 Å². The van der Waals surface area contributed by atoms with E-state index in [1.807, 2.05) is 13.8 Å². The SMILES string of the molecule is CC1(C)C2(Cl)C(Cl)=C(Cl)C1(Cl)C1COS(=O)OCC12. The molecule has 1 aliphatic heterocycles. The first-order chi connectivity index (χ1) is 8.69. The molecule has 1 saturated carbocycles. The number of hydrogen-bond donors (Lipinski definition) is 0. The van der Waals surface area contributed by atoms with Crippen molar-refractivity contribution in [2.75, 3.05) is 13.2 Å². The quantitative estimate of drug-likeness (QED) is 0.616. The Balaban J connectivity index is 2.19. The van der Waals surface area contributed by atoms with Crippen LogP contribution in [0, 0.1) is 17.3 Å². The predicted octanol–water partition coefficient (Wildman–Crippen LogP) is 3.54. The Labute approximate surface area is 134 Å². The normalized spacial score (nSPS) is 52.2. The Morgan fingerprint density at radius 1 is 1.05 bits per heavy atom. The Hall–Kier alpha value is 0.970. The maximum Gasteiger partial charge on any atom is 0.304 e. The standard InChI is InChI=1S/C11H12Cl4O3S/c1-9(2)10(14)5-3-17-19(16)18-4-6(5)11(9,15)8(13)7(10)12/h5-6H,3-4H2,1-2H3. The molecule has 4 unspecified atom stereocenters. The van der Waals surface area contributed by atoms with Gasteiger partial charge in [-0.3, -0.25) is 8.37 Å². The van der Waals surface area contributed by atoms with Gasteiger partial charge in [-0.1, -0.05) is 37.0 Å². The number of allylic oxidation sites excluding steroid dienone is 2. The number of rotatable bonds is 0. The first kappa shape index (κ1) is 14.9. The molecule has 19 heavy (non-hydrogen) atoms. The van der Waals surface area contributed by atoms with Gasteiger partial charge in [0.15, 0.2) is 0 Å². The van der Waals surface area contributed by atoms with Crippen molar-refractivity contribution in [1.29, 1.82) is 0 Å². The van der Waals surface area contributed by atoms with Crippen molar-refractivity contribution in [3.05, 3.63) is 10.1 Å². The molecule has 8 heteroatoms. The molecular weight excluding hydrogens is 354 g/mol. The summed E-state index contributed by atoms with van der Waals surface area (Å²) in [5.74, 6) is -0.383. The highest BCUT2D eigenvalue weighted by Gasteiger charge is 2.79. The van der Waals surface area contributed by atoms with Crippen LogP contribution in [0.4, 0.5) is 0 Å². The van der Waals surface area contributed by atoms with E-state index in [4.69, 9.17) is 54.8 Å². The van der Waals surface area contributed by atoms with Gasteiger partial charge in [0.25, 0.3) is 0 Å². The second kappa shape index (κ2) is 4.25. The second-order valence-corrected chi connectivity index (χ2v) is 8.49. The molecule has 2 bridgehead atoms. The van der Waals surface area contributed by atoms with Crippen molar-refractivity contribution in [3.8, 4) is 0 Å². The third kappa shape index (κ3) is 1.47. The van der Waals surface area contributed by atoms with Crippen molar-refractivity contribution in [2.45, 2.75) is 23.6 Å². The van der Waals surface area contributed by atoms with Gasteiger partial charge in [-0.25, -0.2) is 0 Å². The van der Waals surface area contributed by atoms with E-state index in [0.717, 1.165) is 0 Å². The molecule has 0 aromatic rings. The molecule has 0 spiro atoms. The average Bonchev–Trinajstić information content (AvgIpc) is 2.54. The summed E-state index contributed by atoms with van der Waals surface area (Å²) in [6, 6.07) is 0. The highest BCUT2D eigenvalue weighted by Crippen LogP contribution is 2.76. The molecule has 108 valence electrons. The lowest BCUT2D eigenvalue weighted by Gasteiger charge is -2.38. The first-order valence-corrected chi connectivity index (χ1v) is 8.32. The zero-order valence-corrected chi connectivity index (χ0v) is 14.1. The van der Waals surface area contributed by atoms with E-state index in [-0.39, 0.29) is 25.0 Å². The summed E-state index contributed by atoms with van der Waals surface area (Å²) in [5, 5.41) is 0.738. The molecule has 3 rings (SSSR count). The van der Waals surface area contributed by atoms with Crippen LogP contribution in [0.25, 0.3) is 0 Å². The fourth-order valence-electron chi connectivity index (χ4n) is 3.69. The lowest BCUT2D eigenvalue weighted by molar-refractivity contribution is 0.207. The molecule has 0 N–H and O–H groups in total. The minimum atomic E-state index is -1.77. The van der Waals surface area contributed by atoms with Gasteiger partial charge in [-0.2, -0.15) is 4.21 Å². The largest absolute Gasteiger partial charge is 0.304 e. The summed E-state index contributed by atoms with van der Waals surface area (Å²) in [5.41, 5.74) is -0.557. The molecule has 1 saturated heterocycles. The summed E-state index contributed by atoms with van der Waals surface area (Å²) in [6.45, 7) is 4.24. The van der Waals surface area contributed by atoms with Gasteiger partial charge in [0, 0.05) is 17.3 Å². The molecular formula is C11H12Cl4O3S. The lowest BCUT2D eigenvalue weighted by atomic mass is 9.78. The topological polar surface area (TPSA) is 35.5 Å². The Kier molecular flexibility index (Phi) is 3.33. The summed E-state index contributed by atoms with van der Waals surface area (Å²) in [4.78, 5) is -1.84. The molecule has 0 amide bonds. The van der Waals surface area contributed by atoms with Gasteiger partial charge in [-0.15, -0.1) is 23.2 Å². The van der Waals surface area contributed by atoms with Gasteiger partial charge in [0.1, 0.15) is 0 Å². The first-order valence-electron chi connectivity index (χ1n) is 5.81. The highest BCUT2D eigenvalue weighted by molar-refractivity contribution is 7.75. The van der Waals surface area contributed by atoms with E-state index in [2.05, 4.69) is 0 Å². The van der Waals surface area contributed by atoms with Gasteiger partial charge in [0.2, 0.25) is 0 Å². The Morgan fingerprint density at radius 3 is 1.79 bits per heavy atom. The molecule has 3 aliphatic rings. The van der Waals surface area contributed by atoms with Gasteiger partial charge >= 0.3 is 11.4 Å². The van der Waals surface area contributed by atoms with Crippen LogP contribution >= 0.6 is 46.4 Å². The molecule has 0 aromatic carbocycles. The van der Waals surface area contributed by atoms with Crippen molar-refractivity contribution in [1.82, 2.24) is 0 Å². The summed E-state index contributed by atoms with van der Waals surface area (Å²) in [7, 11) is 0. The van der Waals surface area contributed by atoms with Crippen LogP contribution in [0.2, 0.25) is 0 Å². The molecule has 2 fully saturated rings. The predicted molar refractivity (Wildman–Crippen MR) is 76.7 cm³/mol. The van der Waals surface area contributed by atoms with Gasteiger partial charge in [-0.05, 0) is 0 Å². The van der Waals surface area contributed by atoms with Crippen LogP contribution in [0.5, 0.6) is 0 Å². The maximum atomic E-state index is 11.4. The Morgan fingerprint density at radius 2 is 1.42 bits per heavy atom. The monoisotopic (exact) mass is 364 g/mol. The van der Waals surface area contributed by atoms with Crippen LogP contribution in [0.15, 0.2) is 10.1 Å². The number of halogens is 4. The summed E-state index contributed by atoms with van der Waals surface area (Å²) >= 11 is 24.6. The average molecular weight is 366 g/mol. The summed E-state index contributed by atoms with van der Waals surface area (Å²) < 4.78 is 21.7. The summed E-state index contributed by atoms with van der Waals surface area (Å²) in [6.07, 6.45) is 0. The number of hydrogen-bond acceptors (Lipinski definition) is 3. The van der Waals surface area contributed by atoms with Gasteiger partial charge < -0.3 is 0 Å². The number of fused-ring (bicyclic) bond motifs is 5. The van der Waals surface area contributed by atoms with Crippen LogP contribution in [0.3, 0.4) is 0 Å². The molecule has 4 atom stereocenters. The van der Waals surface area contributed by atoms with Crippen LogP contribution < -0.4 is 0 Å². The maximum absolute atomic E-state index is 11.4. The van der Waals surface area contributed by atoms with Crippen molar-refractivity contribution in [3.63, 3.8) is 0 Å². The molecule has 0 aromatic heterocycles. The number of alkyl halides is 2.